The number of aromatic nitrogens is 2. The van der Waals surface area contributed by atoms with Crippen LogP contribution in [0, 0.1) is 0 Å². The van der Waals surface area contributed by atoms with Gasteiger partial charge in [-0.2, -0.15) is 5.10 Å². The van der Waals surface area contributed by atoms with Gasteiger partial charge in [0.25, 0.3) is 0 Å². The molecule has 0 atom stereocenters. The molecule has 1 heterocycles. The van der Waals surface area contributed by atoms with E-state index in [-0.39, 0.29) is 5.91 Å². The fourth-order valence-corrected chi connectivity index (χ4v) is 2.06. The number of nitrogens with zero attached hydrogens (tertiary/aromatic N) is 5. The molecule has 1 aromatic carbocycles. The van der Waals surface area contributed by atoms with Gasteiger partial charge in [-0.1, -0.05) is 35.4 Å². The van der Waals surface area contributed by atoms with Crippen LogP contribution >= 0.6 is 0 Å². The SMILES string of the molecule is [N-]=[N+]=NCCCCc1ccc(NC(=O)Cc2ccccc2)nn1. The van der Waals surface area contributed by atoms with E-state index in [0.29, 0.717) is 18.8 Å². The number of nitrogens with one attached hydrogen (secondary N) is 1. The van der Waals surface area contributed by atoms with Crippen molar-refractivity contribution in [3.8, 4) is 0 Å². The zero-order chi connectivity index (χ0) is 16.3. The number of hydrogen-bond acceptors (Lipinski definition) is 4. The van der Waals surface area contributed by atoms with Crippen LogP contribution in [0.1, 0.15) is 24.1 Å². The largest absolute Gasteiger partial charge is 0.309 e. The maximum atomic E-state index is 11.9. The molecule has 23 heavy (non-hydrogen) atoms. The van der Waals surface area contributed by atoms with Crippen LogP contribution in [0.4, 0.5) is 5.82 Å². The minimum atomic E-state index is -0.118. The lowest BCUT2D eigenvalue weighted by atomic mass is 10.1. The summed E-state index contributed by atoms with van der Waals surface area (Å²) in [6.07, 6.45) is 2.78. The van der Waals surface area contributed by atoms with Crippen molar-refractivity contribution in [2.24, 2.45) is 5.11 Å². The molecular weight excluding hydrogens is 292 g/mol. The molecule has 0 radical (unpaired) electrons. The molecule has 118 valence electrons. The Morgan fingerprint density at radius 3 is 2.65 bits per heavy atom. The van der Waals surface area contributed by atoms with Crippen molar-refractivity contribution in [1.82, 2.24) is 10.2 Å². The van der Waals surface area contributed by atoms with Gasteiger partial charge in [0.2, 0.25) is 5.91 Å². The van der Waals surface area contributed by atoms with Gasteiger partial charge < -0.3 is 5.32 Å². The van der Waals surface area contributed by atoms with Crippen LogP contribution < -0.4 is 5.32 Å². The number of hydrogen-bond donors (Lipinski definition) is 1. The minimum Gasteiger partial charge on any atom is -0.309 e. The lowest BCUT2D eigenvalue weighted by Crippen LogP contribution is -2.15. The van der Waals surface area contributed by atoms with Gasteiger partial charge in [-0.15, -0.1) is 5.10 Å². The van der Waals surface area contributed by atoms with Crippen LogP contribution in [0.3, 0.4) is 0 Å². The van der Waals surface area contributed by atoms with Crippen molar-refractivity contribution in [1.29, 1.82) is 0 Å². The maximum absolute atomic E-state index is 11.9. The van der Waals surface area contributed by atoms with Gasteiger partial charge in [0.05, 0.1) is 12.1 Å². The highest BCUT2D eigenvalue weighted by Crippen LogP contribution is 2.07. The monoisotopic (exact) mass is 310 g/mol. The summed E-state index contributed by atoms with van der Waals surface area (Å²) < 4.78 is 0. The molecule has 7 heteroatoms. The fraction of sp³-hybridized carbons (Fsp3) is 0.312. The molecule has 0 fully saturated rings. The van der Waals surface area contributed by atoms with E-state index in [2.05, 4.69) is 25.5 Å². The summed E-state index contributed by atoms with van der Waals surface area (Å²) in [7, 11) is 0. The lowest BCUT2D eigenvalue weighted by molar-refractivity contribution is -0.115. The van der Waals surface area contributed by atoms with Gasteiger partial charge in [0.1, 0.15) is 0 Å². The van der Waals surface area contributed by atoms with Crippen molar-refractivity contribution >= 4 is 11.7 Å². The summed E-state index contributed by atoms with van der Waals surface area (Å²) in [6, 6.07) is 13.1. The smallest absolute Gasteiger partial charge is 0.229 e. The first-order valence-corrected chi connectivity index (χ1v) is 7.45. The molecule has 1 aromatic heterocycles. The minimum absolute atomic E-state index is 0.118. The Balaban J connectivity index is 1.78. The number of anilines is 1. The molecule has 0 spiro atoms. The third kappa shape index (κ3) is 6.15. The summed E-state index contributed by atoms with van der Waals surface area (Å²) in [4.78, 5) is 14.6. The van der Waals surface area contributed by atoms with Gasteiger partial charge in [-0.25, -0.2) is 0 Å². The van der Waals surface area contributed by atoms with E-state index in [1.54, 1.807) is 6.07 Å². The summed E-state index contributed by atoms with van der Waals surface area (Å²) in [5.74, 6) is 0.330. The normalized spacial score (nSPS) is 9.91. The third-order valence-corrected chi connectivity index (χ3v) is 3.20. The zero-order valence-electron chi connectivity index (χ0n) is 12.7. The molecule has 0 unspecified atom stereocenters. The van der Waals surface area contributed by atoms with E-state index in [0.717, 1.165) is 30.5 Å². The zero-order valence-corrected chi connectivity index (χ0v) is 12.7. The molecule has 2 aromatic rings. The Morgan fingerprint density at radius 2 is 1.96 bits per heavy atom. The van der Waals surface area contributed by atoms with E-state index in [4.69, 9.17) is 5.53 Å². The first kappa shape index (κ1) is 16.5. The molecule has 2 rings (SSSR count). The molecule has 1 N–H and O–H groups in total. The van der Waals surface area contributed by atoms with Crippen molar-refractivity contribution in [2.75, 3.05) is 11.9 Å². The van der Waals surface area contributed by atoms with E-state index < -0.39 is 0 Å². The maximum Gasteiger partial charge on any atom is 0.229 e. The van der Waals surface area contributed by atoms with E-state index >= 15 is 0 Å². The van der Waals surface area contributed by atoms with Crippen LogP contribution in [-0.4, -0.2) is 22.6 Å². The Kier molecular flexibility index (Phi) is 6.56. The number of carbonyl (C=O) groups is 1. The Labute approximate surface area is 134 Å². The second-order valence-electron chi connectivity index (χ2n) is 5.03. The predicted octanol–water partition coefficient (Wildman–Crippen LogP) is 3.29. The molecule has 7 nitrogen and oxygen atoms in total. The molecular formula is C16H18N6O. The van der Waals surface area contributed by atoms with Crippen LogP contribution in [0.5, 0.6) is 0 Å². The lowest BCUT2D eigenvalue weighted by Gasteiger charge is -2.05. The van der Waals surface area contributed by atoms with Crippen LogP contribution in [-0.2, 0) is 17.6 Å². The van der Waals surface area contributed by atoms with E-state index in [9.17, 15) is 4.79 Å². The van der Waals surface area contributed by atoms with Crippen molar-refractivity contribution in [2.45, 2.75) is 25.7 Å². The average Bonchev–Trinajstić information content (AvgIpc) is 2.57. The van der Waals surface area contributed by atoms with Gasteiger partial charge >= 0.3 is 0 Å². The second kappa shape index (κ2) is 9.17. The molecule has 0 bridgehead atoms. The highest BCUT2D eigenvalue weighted by Gasteiger charge is 2.05. The van der Waals surface area contributed by atoms with Crippen LogP contribution in [0.2, 0.25) is 0 Å². The molecule has 0 saturated carbocycles. The Morgan fingerprint density at radius 1 is 1.13 bits per heavy atom. The van der Waals surface area contributed by atoms with Crippen LogP contribution in [0.15, 0.2) is 47.6 Å². The number of unbranched alkanes of at least 4 members (excludes halogenated alkanes) is 1. The molecule has 0 saturated heterocycles. The predicted molar refractivity (Wildman–Crippen MR) is 87.8 cm³/mol. The van der Waals surface area contributed by atoms with Crippen molar-refractivity contribution in [3.63, 3.8) is 0 Å². The van der Waals surface area contributed by atoms with Gasteiger partial charge in [-0.3, -0.25) is 4.79 Å². The molecule has 0 aliphatic heterocycles. The first-order chi connectivity index (χ1) is 11.3. The third-order valence-electron chi connectivity index (χ3n) is 3.20. The molecule has 0 aliphatic carbocycles. The number of azide groups is 1. The van der Waals surface area contributed by atoms with Gasteiger partial charge in [0.15, 0.2) is 5.82 Å². The summed E-state index contributed by atoms with van der Waals surface area (Å²) in [6.45, 7) is 0.498. The standard InChI is InChI=1S/C16H18N6O/c17-22-18-11-5-4-8-14-9-10-15(21-20-14)19-16(23)12-13-6-2-1-3-7-13/h1-3,6-7,9-10H,4-5,8,11-12H2,(H,19,21,23). The number of carbonyl (C=O) groups excluding carboxylic acids is 1. The van der Waals surface area contributed by atoms with Gasteiger partial charge in [0, 0.05) is 11.5 Å². The highest BCUT2D eigenvalue weighted by atomic mass is 16.1. The molecule has 1 amide bonds. The topological polar surface area (TPSA) is 104 Å². The quantitative estimate of drug-likeness (QED) is 0.350. The second-order valence-corrected chi connectivity index (χ2v) is 5.03. The summed E-state index contributed by atoms with van der Waals surface area (Å²) in [5, 5.41) is 14.3. The molecule has 0 aliphatic rings. The fourth-order valence-electron chi connectivity index (χ4n) is 2.06. The summed E-state index contributed by atoms with van der Waals surface area (Å²) in [5.41, 5.74) is 9.99. The number of amides is 1. The average molecular weight is 310 g/mol. The van der Waals surface area contributed by atoms with Crippen molar-refractivity contribution in [3.05, 3.63) is 64.2 Å². The van der Waals surface area contributed by atoms with Crippen LogP contribution in [0.25, 0.3) is 10.4 Å². The van der Waals surface area contributed by atoms with Crippen molar-refractivity contribution < 1.29 is 4.79 Å². The van der Waals surface area contributed by atoms with E-state index in [1.807, 2.05) is 36.4 Å². The number of benzene rings is 1. The number of rotatable bonds is 8. The summed E-state index contributed by atoms with van der Waals surface area (Å²) >= 11 is 0. The van der Waals surface area contributed by atoms with Gasteiger partial charge in [-0.05, 0) is 42.5 Å². The Hall–Kier alpha value is -2.92. The highest BCUT2D eigenvalue weighted by molar-refractivity contribution is 5.91. The first-order valence-electron chi connectivity index (χ1n) is 7.45. The van der Waals surface area contributed by atoms with E-state index in [1.165, 1.54) is 0 Å². The Bertz CT molecular complexity index is 665. The number of aryl methyl sites for hydroxylation is 1.